The Morgan fingerprint density at radius 2 is 2.11 bits per heavy atom. The van der Waals surface area contributed by atoms with Gasteiger partial charge in [-0.05, 0) is 31.2 Å². The minimum Gasteiger partial charge on any atom is -0.391 e. The van der Waals surface area contributed by atoms with Crippen molar-refractivity contribution in [2.24, 2.45) is 11.8 Å². The van der Waals surface area contributed by atoms with Crippen molar-refractivity contribution in [3.8, 4) is 0 Å². The smallest absolute Gasteiger partial charge is 0.244 e. The SMILES string of the molecule is Cc1sc(CO)cc1S(=O)(=O)N1CCC(C)C(C)C1. The van der Waals surface area contributed by atoms with Gasteiger partial charge in [0.05, 0.1) is 11.5 Å². The Labute approximate surface area is 119 Å². The van der Waals surface area contributed by atoms with Crippen LogP contribution in [0.2, 0.25) is 0 Å². The van der Waals surface area contributed by atoms with Gasteiger partial charge in [-0.2, -0.15) is 4.31 Å². The van der Waals surface area contributed by atoms with Gasteiger partial charge in [-0.25, -0.2) is 8.42 Å². The molecule has 0 spiro atoms. The lowest BCUT2D eigenvalue weighted by Gasteiger charge is -2.34. The van der Waals surface area contributed by atoms with Crippen LogP contribution in [-0.2, 0) is 16.6 Å². The average molecular weight is 303 g/mol. The molecule has 0 radical (unpaired) electrons. The van der Waals surface area contributed by atoms with E-state index in [9.17, 15) is 8.42 Å². The molecule has 4 nitrogen and oxygen atoms in total. The maximum absolute atomic E-state index is 12.6. The molecule has 0 bridgehead atoms. The predicted octanol–water partition coefficient (Wildman–Crippen LogP) is 2.22. The summed E-state index contributed by atoms with van der Waals surface area (Å²) in [5.74, 6) is 0.961. The Hall–Kier alpha value is -0.430. The van der Waals surface area contributed by atoms with Crippen molar-refractivity contribution in [3.05, 3.63) is 15.8 Å². The van der Waals surface area contributed by atoms with Crippen LogP contribution in [0.1, 0.15) is 30.0 Å². The number of piperidine rings is 1. The second kappa shape index (κ2) is 5.52. The molecule has 0 saturated carbocycles. The molecule has 1 aliphatic rings. The van der Waals surface area contributed by atoms with E-state index in [-0.39, 0.29) is 6.61 Å². The van der Waals surface area contributed by atoms with Crippen LogP contribution in [0.4, 0.5) is 0 Å². The second-order valence-electron chi connectivity index (χ2n) is 5.40. The first-order valence-corrected chi connectivity index (χ1v) is 8.82. The molecule has 2 heterocycles. The van der Waals surface area contributed by atoms with E-state index >= 15 is 0 Å². The highest BCUT2D eigenvalue weighted by molar-refractivity contribution is 7.89. The standard InChI is InChI=1S/C13H21NO3S2/c1-9-4-5-14(7-10(9)2)19(16,17)13-6-12(8-15)18-11(13)3/h6,9-10,15H,4-5,7-8H2,1-3H3. The fraction of sp³-hybridized carbons (Fsp3) is 0.692. The summed E-state index contributed by atoms with van der Waals surface area (Å²) < 4.78 is 26.9. The first kappa shape index (κ1) is 15.0. The lowest BCUT2D eigenvalue weighted by Crippen LogP contribution is -2.42. The first-order valence-electron chi connectivity index (χ1n) is 6.56. The number of thiophene rings is 1. The van der Waals surface area contributed by atoms with E-state index in [4.69, 9.17) is 5.11 Å². The molecule has 1 aromatic heterocycles. The Balaban J connectivity index is 2.29. The summed E-state index contributed by atoms with van der Waals surface area (Å²) in [6, 6.07) is 1.61. The van der Waals surface area contributed by atoms with E-state index in [0.29, 0.717) is 34.7 Å². The summed E-state index contributed by atoms with van der Waals surface area (Å²) in [5.41, 5.74) is 0. The van der Waals surface area contributed by atoms with E-state index in [1.54, 1.807) is 17.3 Å². The number of nitrogens with zero attached hydrogens (tertiary/aromatic N) is 1. The van der Waals surface area contributed by atoms with Crippen LogP contribution < -0.4 is 0 Å². The average Bonchev–Trinajstić information content (AvgIpc) is 2.74. The first-order chi connectivity index (χ1) is 8.86. The summed E-state index contributed by atoms with van der Waals surface area (Å²) in [6.07, 6.45) is 0.913. The van der Waals surface area contributed by atoms with Gasteiger partial charge < -0.3 is 5.11 Å². The summed E-state index contributed by atoms with van der Waals surface area (Å²) in [6.45, 7) is 7.16. The molecule has 6 heteroatoms. The number of aryl methyl sites for hydroxylation is 1. The number of sulfonamides is 1. The van der Waals surface area contributed by atoms with Crippen LogP contribution >= 0.6 is 11.3 Å². The molecule has 1 N–H and O–H groups in total. The Bertz CT molecular complexity index is 550. The maximum Gasteiger partial charge on any atom is 0.244 e. The fourth-order valence-corrected chi connectivity index (χ4v) is 5.46. The number of hydrogen-bond acceptors (Lipinski definition) is 4. The van der Waals surface area contributed by atoms with Gasteiger partial charge >= 0.3 is 0 Å². The van der Waals surface area contributed by atoms with Crippen molar-refractivity contribution < 1.29 is 13.5 Å². The number of aliphatic hydroxyl groups is 1. The minimum absolute atomic E-state index is 0.103. The van der Waals surface area contributed by atoms with Crippen LogP contribution in [0.3, 0.4) is 0 Å². The van der Waals surface area contributed by atoms with Gasteiger partial charge in [0.2, 0.25) is 10.0 Å². The quantitative estimate of drug-likeness (QED) is 0.931. The topological polar surface area (TPSA) is 57.6 Å². The van der Waals surface area contributed by atoms with Gasteiger partial charge in [0.15, 0.2) is 0 Å². The molecule has 19 heavy (non-hydrogen) atoms. The highest BCUT2D eigenvalue weighted by Crippen LogP contribution is 2.32. The van der Waals surface area contributed by atoms with Gasteiger partial charge in [-0.3, -0.25) is 0 Å². The Kier molecular flexibility index (Phi) is 4.35. The third-order valence-electron chi connectivity index (χ3n) is 3.99. The maximum atomic E-state index is 12.6. The van der Waals surface area contributed by atoms with Gasteiger partial charge in [-0.1, -0.05) is 13.8 Å². The summed E-state index contributed by atoms with van der Waals surface area (Å²) in [7, 11) is -3.41. The van der Waals surface area contributed by atoms with E-state index < -0.39 is 10.0 Å². The van der Waals surface area contributed by atoms with Crippen LogP contribution in [0.25, 0.3) is 0 Å². The lowest BCUT2D eigenvalue weighted by molar-refractivity contribution is 0.212. The van der Waals surface area contributed by atoms with E-state index in [1.807, 2.05) is 0 Å². The van der Waals surface area contributed by atoms with Crippen LogP contribution in [-0.4, -0.2) is 30.9 Å². The van der Waals surface area contributed by atoms with Crippen LogP contribution in [0.15, 0.2) is 11.0 Å². The lowest BCUT2D eigenvalue weighted by atomic mass is 9.90. The second-order valence-corrected chi connectivity index (χ2v) is 8.64. The molecule has 1 saturated heterocycles. The zero-order valence-corrected chi connectivity index (χ0v) is 13.2. The van der Waals surface area contributed by atoms with Gasteiger partial charge in [0, 0.05) is 22.8 Å². The Morgan fingerprint density at radius 3 is 2.63 bits per heavy atom. The van der Waals surface area contributed by atoms with E-state index in [1.165, 1.54) is 11.3 Å². The zero-order chi connectivity index (χ0) is 14.2. The molecule has 1 aromatic rings. The van der Waals surface area contributed by atoms with Gasteiger partial charge in [0.1, 0.15) is 0 Å². The molecule has 108 valence electrons. The zero-order valence-electron chi connectivity index (χ0n) is 11.6. The summed E-state index contributed by atoms with van der Waals surface area (Å²) in [5, 5.41) is 9.13. The van der Waals surface area contributed by atoms with Crippen LogP contribution in [0.5, 0.6) is 0 Å². The third-order valence-corrected chi connectivity index (χ3v) is 7.15. The van der Waals surface area contributed by atoms with Crippen molar-refractivity contribution in [2.75, 3.05) is 13.1 Å². The Morgan fingerprint density at radius 1 is 1.42 bits per heavy atom. The van der Waals surface area contributed by atoms with Crippen molar-refractivity contribution >= 4 is 21.4 Å². The summed E-state index contributed by atoms with van der Waals surface area (Å²) >= 11 is 1.35. The van der Waals surface area contributed by atoms with Gasteiger partial charge in [0.25, 0.3) is 0 Å². The van der Waals surface area contributed by atoms with Crippen molar-refractivity contribution in [1.82, 2.24) is 4.31 Å². The van der Waals surface area contributed by atoms with Crippen molar-refractivity contribution in [2.45, 2.75) is 38.7 Å². The van der Waals surface area contributed by atoms with E-state index in [2.05, 4.69) is 13.8 Å². The molecule has 2 atom stereocenters. The number of rotatable bonds is 3. The normalized spacial score (nSPS) is 25.7. The molecule has 1 fully saturated rings. The number of aliphatic hydroxyl groups excluding tert-OH is 1. The predicted molar refractivity (Wildman–Crippen MR) is 76.7 cm³/mol. The van der Waals surface area contributed by atoms with Crippen LogP contribution in [0, 0.1) is 18.8 Å². The molecule has 2 rings (SSSR count). The molecular weight excluding hydrogens is 282 g/mol. The van der Waals surface area contributed by atoms with E-state index in [0.717, 1.165) is 11.3 Å². The summed E-state index contributed by atoms with van der Waals surface area (Å²) in [4.78, 5) is 1.83. The molecule has 0 amide bonds. The highest BCUT2D eigenvalue weighted by atomic mass is 32.2. The molecule has 0 aromatic carbocycles. The number of hydrogen-bond donors (Lipinski definition) is 1. The monoisotopic (exact) mass is 303 g/mol. The largest absolute Gasteiger partial charge is 0.391 e. The molecule has 2 unspecified atom stereocenters. The highest BCUT2D eigenvalue weighted by Gasteiger charge is 2.33. The van der Waals surface area contributed by atoms with Gasteiger partial charge in [-0.15, -0.1) is 11.3 Å². The van der Waals surface area contributed by atoms with Crippen molar-refractivity contribution in [3.63, 3.8) is 0 Å². The third kappa shape index (κ3) is 2.86. The van der Waals surface area contributed by atoms with Crippen molar-refractivity contribution in [1.29, 1.82) is 0 Å². The minimum atomic E-state index is -3.41. The molecule has 0 aliphatic carbocycles. The fourth-order valence-electron chi connectivity index (χ4n) is 2.44. The molecule has 1 aliphatic heterocycles. The molecular formula is C13H21NO3S2.